The van der Waals surface area contributed by atoms with E-state index in [0.29, 0.717) is 0 Å². The van der Waals surface area contributed by atoms with E-state index in [1.54, 1.807) is 0 Å². The van der Waals surface area contributed by atoms with Crippen LogP contribution >= 0.6 is 0 Å². The Labute approximate surface area is 354 Å². The fourth-order valence-electron chi connectivity index (χ4n) is 9.90. The van der Waals surface area contributed by atoms with Crippen molar-refractivity contribution >= 4 is 17.1 Å². The quantitative estimate of drug-likeness (QED) is 0.156. The molecule has 0 radical (unpaired) electrons. The number of fused-ring (bicyclic) bond motifs is 6. The van der Waals surface area contributed by atoms with Gasteiger partial charge in [0.15, 0.2) is 0 Å². The molecule has 280 valence electrons. The largest absolute Gasteiger partial charge is 0.310 e. The maximum atomic E-state index is 9.65. The van der Waals surface area contributed by atoms with Gasteiger partial charge in [-0.1, -0.05) is 208 Å². The van der Waals surface area contributed by atoms with Crippen molar-refractivity contribution in [3.8, 4) is 44.5 Å². The molecule has 0 fully saturated rings. The molecule has 0 saturated carbocycles. The number of nitrogens with zero attached hydrogens (tertiary/aromatic N) is 1. The van der Waals surface area contributed by atoms with Gasteiger partial charge >= 0.3 is 0 Å². The molecule has 1 nitrogen and oxygen atoms in total. The molecule has 1 atom stereocenters. The van der Waals surface area contributed by atoms with E-state index in [1.165, 1.54) is 22.3 Å². The van der Waals surface area contributed by atoms with Gasteiger partial charge in [-0.25, -0.2) is 0 Å². The lowest BCUT2D eigenvalue weighted by molar-refractivity contribution is 0.660. The predicted molar refractivity (Wildman–Crippen MR) is 247 cm³/mol. The van der Waals surface area contributed by atoms with Crippen molar-refractivity contribution in [2.75, 3.05) is 4.90 Å². The van der Waals surface area contributed by atoms with E-state index in [9.17, 15) is 2.74 Å². The molecule has 1 unspecified atom stereocenters. The maximum Gasteiger partial charge on any atom is 0.0714 e. The van der Waals surface area contributed by atoms with E-state index in [0.717, 1.165) is 67.1 Å². The third-order valence-electron chi connectivity index (χ3n) is 12.6. The average Bonchev–Trinajstić information content (AvgIpc) is 3.76. The van der Waals surface area contributed by atoms with E-state index in [4.69, 9.17) is 4.11 Å². The van der Waals surface area contributed by atoms with Crippen LogP contribution in [-0.4, -0.2) is 0 Å². The first-order valence-corrected chi connectivity index (χ1v) is 20.3. The van der Waals surface area contributed by atoms with Gasteiger partial charge in [-0.05, 0) is 103 Å². The third kappa shape index (κ3) is 5.39. The molecule has 59 heavy (non-hydrogen) atoms. The Kier molecular flexibility index (Phi) is 6.96. The first kappa shape index (κ1) is 29.9. The normalized spacial score (nSPS) is 16.7. The number of rotatable bonds is 7. The van der Waals surface area contributed by atoms with Crippen molar-refractivity contribution in [3.05, 3.63) is 258 Å². The summed E-state index contributed by atoms with van der Waals surface area (Å²) in [5.41, 5.74) is 15.2. The predicted octanol–water partition coefficient (Wildman–Crippen LogP) is 15.2. The lowest BCUT2D eigenvalue weighted by atomic mass is 9.67. The van der Waals surface area contributed by atoms with Crippen molar-refractivity contribution in [3.63, 3.8) is 0 Å². The molecule has 0 spiro atoms. The molecular weight excluding hydrogens is 711 g/mol. The van der Waals surface area contributed by atoms with Crippen LogP contribution in [0.4, 0.5) is 17.1 Å². The fourth-order valence-corrected chi connectivity index (χ4v) is 9.90. The van der Waals surface area contributed by atoms with Gasteiger partial charge in [0.1, 0.15) is 0 Å². The summed E-state index contributed by atoms with van der Waals surface area (Å²) in [4.78, 5) is 2.33. The Morgan fingerprint density at radius 2 is 0.864 bits per heavy atom. The first-order chi connectivity index (χ1) is 31.1. The highest BCUT2D eigenvalue weighted by molar-refractivity contribution is 5.93. The smallest absolute Gasteiger partial charge is 0.0714 e. The van der Waals surface area contributed by atoms with Crippen LogP contribution in [-0.2, 0) is 10.8 Å². The molecule has 0 amide bonds. The van der Waals surface area contributed by atoms with Crippen molar-refractivity contribution in [1.29, 1.82) is 0 Å². The van der Waals surface area contributed by atoms with E-state index < -0.39 is 11.5 Å². The lowest BCUT2D eigenvalue weighted by Crippen LogP contribution is -2.28. The van der Waals surface area contributed by atoms with Crippen LogP contribution in [0.5, 0.6) is 0 Å². The Hall–Kier alpha value is -7.22. The molecule has 1 heteroatoms. The molecule has 11 rings (SSSR count). The van der Waals surface area contributed by atoms with Crippen molar-refractivity contribution in [2.45, 2.75) is 24.7 Å². The second kappa shape index (κ2) is 13.7. The van der Waals surface area contributed by atoms with Crippen LogP contribution in [0.2, 0.25) is 0 Å². The van der Waals surface area contributed by atoms with Gasteiger partial charge in [0, 0.05) is 22.4 Å². The third-order valence-corrected chi connectivity index (χ3v) is 12.6. The minimum absolute atomic E-state index is 0.224. The van der Waals surface area contributed by atoms with Crippen LogP contribution in [0, 0.1) is 0 Å². The molecule has 0 heterocycles. The molecule has 0 bridgehead atoms. The fraction of sp³-hybridized carbons (Fsp3) is 0.0690. The van der Waals surface area contributed by atoms with E-state index in [2.05, 4.69) is 176 Å². The zero-order valence-corrected chi connectivity index (χ0v) is 32.9. The summed E-state index contributed by atoms with van der Waals surface area (Å²) >= 11 is 0. The number of hydrogen-bond donors (Lipinski definition) is 0. The van der Waals surface area contributed by atoms with Crippen LogP contribution in [0.1, 0.15) is 54.1 Å². The van der Waals surface area contributed by atoms with Gasteiger partial charge in [-0.2, -0.15) is 0 Å². The minimum atomic E-state index is -1.29. The van der Waals surface area contributed by atoms with Crippen LogP contribution < -0.4 is 4.90 Å². The van der Waals surface area contributed by atoms with Crippen LogP contribution in [0.3, 0.4) is 0 Å². The number of benzene rings is 9. The number of para-hydroxylation sites is 1. The SMILES string of the molecule is [2H]c1c([2H])c([2H])c(C2(c3ccc(-c4ccccc4)cc3)c3ccccc3-c3ccc(N(c4ccc5c(c4)C(C)(C)c4ccccc4-5)c4ccccc4-c4ccccc4)cc32)c([2H])c1[2H]. The summed E-state index contributed by atoms with van der Waals surface area (Å²) in [7, 11) is 0. The van der Waals surface area contributed by atoms with Gasteiger partial charge < -0.3 is 4.90 Å². The van der Waals surface area contributed by atoms with E-state index >= 15 is 0 Å². The molecule has 0 N–H and O–H groups in total. The Morgan fingerprint density at radius 3 is 1.54 bits per heavy atom. The Morgan fingerprint density at radius 1 is 0.373 bits per heavy atom. The summed E-state index contributed by atoms with van der Waals surface area (Å²) in [6.45, 7) is 4.60. The number of hydrogen-bond acceptors (Lipinski definition) is 1. The molecular formula is C58H43N. The highest BCUT2D eigenvalue weighted by atomic mass is 15.1. The molecule has 0 aromatic heterocycles. The van der Waals surface area contributed by atoms with Crippen LogP contribution in [0.15, 0.2) is 224 Å². The average molecular weight is 759 g/mol. The Bertz CT molecular complexity index is 3280. The van der Waals surface area contributed by atoms with Crippen molar-refractivity contribution in [2.24, 2.45) is 0 Å². The van der Waals surface area contributed by atoms with Gasteiger partial charge in [-0.3, -0.25) is 0 Å². The molecule has 0 saturated heterocycles. The highest BCUT2D eigenvalue weighted by Crippen LogP contribution is 2.58. The minimum Gasteiger partial charge on any atom is -0.310 e. The van der Waals surface area contributed by atoms with Crippen molar-refractivity contribution < 1.29 is 6.85 Å². The Balaban J connectivity index is 1.22. The highest BCUT2D eigenvalue weighted by Gasteiger charge is 2.46. The molecule has 9 aromatic rings. The van der Waals surface area contributed by atoms with Crippen LogP contribution in [0.25, 0.3) is 44.5 Å². The summed E-state index contributed by atoms with van der Waals surface area (Å²) in [5.74, 6) is 0. The second-order valence-corrected chi connectivity index (χ2v) is 16.1. The zero-order valence-electron chi connectivity index (χ0n) is 37.9. The van der Waals surface area contributed by atoms with E-state index in [-0.39, 0.29) is 35.1 Å². The summed E-state index contributed by atoms with van der Waals surface area (Å²) in [6.07, 6.45) is 0. The van der Waals surface area contributed by atoms with Gasteiger partial charge in [-0.15, -0.1) is 0 Å². The molecule has 2 aliphatic rings. The monoisotopic (exact) mass is 758 g/mol. The van der Waals surface area contributed by atoms with Gasteiger partial charge in [0.2, 0.25) is 0 Å². The van der Waals surface area contributed by atoms with Crippen molar-refractivity contribution in [1.82, 2.24) is 0 Å². The second-order valence-electron chi connectivity index (χ2n) is 16.1. The zero-order chi connectivity index (χ0) is 43.9. The lowest BCUT2D eigenvalue weighted by Gasteiger charge is -2.35. The summed E-state index contributed by atoms with van der Waals surface area (Å²) < 4.78 is 46.0. The molecule has 2 aliphatic carbocycles. The maximum absolute atomic E-state index is 9.65. The first-order valence-electron chi connectivity index (χ1n) is 22.8. The number of anilines is 3. The standard InChI is InChI=1S/C58H43N/c1-57(2)52-27-15-12-25-48(52)50-36-34-45(38-54(50)57)59(56-29-17-14-24-47(56)42-20-8-4-9-21-42)46-35-37-51-49-26-13-16-28-53(49)58(55(51)39-46,43-22-10-5-11-23-43)44-32-30-41(31-33-44)40-18-6-3-7-19-40/h3-39H,1-2H3/i5D,10D,11D,22D,23D. The van der Waals surface area contributed by atoms with Gasteiger partial charge in [0.25, 0.3) is 0 Å². The molecule has 0 aliphatic heterocycles. The summed E-state index contributed by atoms with van der Waals surface area (Å²) in [6, 6.07) is 66.0. The topological polar surface area (TPSA) is 3.24 Å². The van der Waals surface area contributed by atoms with Gasteiger partial charge in [0.05, 0.1) is 18.0 Å². The summed E-state index contributed by atoms with van der Waals surface area (Å²) in [5, 5.41) is 0. The molecule has 9 aromatic carbocycles. The van der Waals surface area contributed by atoms with E-state index in [1.807, 2.05) is 36.4 Å².